The lowest BCUT2D eigenvalue weighted by molar-refractivity contribution is -0.137. The molecule has 2 saturated heterocycles. The van der Waals surface area contributed by atoms with Crippen LogP contribution in [0.2, 0.25) is 0 Å². The van der Waals surface area contributed by atoms with Gasteiger partial charge in [-0.1, -0.05) is 17.8 Å². The third kappa shape index (κ3) is 5.66. The summed E-state index contributed by atoms with van der Waals surface area (Å²) in [5.41, 5.74) is 1.93. The highest BCUT2D eigenvalue weighted by atomic mass is 32.2. The minimum Gasteiger partial charge on any atom is -0.376 e. The Morgan fingerprint density at radius 3 is 2.64 bits per heavy atom. The van der Waals surface area contributed by atoms with Gasteiger partial charge < -0.3 is 19.1 Å². The molecule has 1 aromatic heterocycles. The topological polar surface area (TPSA) is 50.6 Å². The molecule has 2 fully saturated rings. The zero-order chi connectivity index (χ0) is 23.6. The van der Waals surface area contributed by atoms with E-state index in [4.69, 9.17) is 4.74 Å². The standard InChI is InChI=1S/C23H29F3N4O2S/c1-16-17(2)30(14-20-7-4-12-32-20)22(27-16)33-15-21(31)29-10-8-28(9-11-29)19-6-3-5-18(13-19)23(24,25)26/h3,5-6,13,20H,4,7-12,14-15H2,1-2H3. The summed E-state index contributed by atoms with van der Waals surface area (Å²) in [6, 6.07) is 5.36. The van der Waals surface area contributed by atoms with Crippen LogP contribution in [-0.2, 0) is 22.3 Å². The Labute approximate surface area is 196 Å². The molecule has 1 aromatic carbocycles. The van der Waals surface area contributed by atoms with Crippen LogP contribution in [0.1, 0.15) is 29.8 Å². The molecule has 2 aromatic rings. The summed E-state index contributed by atoms with van der Waals surface area (Å²) in [6.07, 6.45) is -2.06. The molecule has 0 aliphatic carbocycles. The third-order valence-electron chi connectivity index (χ3n) is 6.33. The van der Waals surface area contributed by atoms with E-state index in [1.165, 1.54) is 23.9 Å². The second-order valence-electron chi connectivity index (χ2n) is 8.52. The molecule has 6 nitrogen and oxygen atoms in total. The van der Waals surface area contributed by atoms with E-state index in [-0.39, 0.29) is 17.8 Å². The van der Waals surface area contributed by atoms with Gasteiger partial charge in [0, 0.05) is 44.2 Å². The smallest absolute Gasteiger partial charge is 0.376 e. The average Bonchev–Trinajstić information content (AvgIpc) is 3.41. The normalized spacial score (nSPS) is 19.4. The van der Waals surface area contributed by atoms with Crippen molar-refractivity contribution in [2.24, 2.45) is 0 Å². The Morgan fingerprint density at radius 1 is 1.21 bits per heavy atom. The van der Waals surface area contributed by atoms with Crippen molar-refractivity contribution in [1.29, 1.82) is 0 Å². The summed E-state index contributed by atoms with van der Waals surface area (Å²) in [6.45, 7) is 7.53. The molecule has 10 heteroatoms. The predicted molar refractivity (Wildman–Crippen MR) is 122 cm³/mol. The Bertz CT molecular complexity index is 981. The number of piperazine rings is 1. The molecular formula is C23H29F3N4O2S. The number of carbonyl (C=O) groups is 1. The Balaban J connectivity index is 1.32. The van der Waals surface area contributed by atoms with Crippen LogP contribution in [0.3, 0.4) is 0 Å². The lowest BCUT2D eigenvalue weighted by Gasteiger charge is -2.36. The van der Waals surface area contributed by atoms with Crippen molar-refractivity contribution >= 4 is 23.4 Å². The van der Waals surface area contributed by atoms with Crippen LogP contribution in [0.4, 0.5) is 18.9 Å². The number of hydrogen-bond acceptors (Lipinski definition) is 5. The number of aromatic nitrogens is 2. The zero-order valence-electron chi connectivity index (χ0n) is 18.9. The van der Waals surface area contributed by atoms with Gasteiger partial charge in [0.15, 0.2) is 5.16 Å². The second kappa shape index (κ2) is 9.97. The number of nitrogens with zero attached hydrogens (tertiary/aromatic N) is 4. The minimum absolute atomic E-state index is 0.0191. The number of hydrogen-bond donors (Lipinski definition) is 0. The van der Waals surface area contributed by atoms with Crippen molar-refractivity contribution in [2.45, 2.75) is 50.7 Å². The van der Waals surface area contributed by atoms with Crippen LogP contribution >= 0.6 is 11.8 Å². The van der Waals surface area contributed by atoms with Gasteiger partial charge in [0.25, 0.3) is 0 Å². The largest absolute Gasteiger partial charge is 0.416 e. The first-order chi connectivity index (χ1) is 15.7. The van der Waals surface area contributed by atoms with Crippen LogP contribution in [0, 0.1) is 13.8 Å². The number of amides is 1. The average molecular weight is 483 g/mol. The Hall–Kier alpha value is -2.20. The Morgan fingerprint density at radius 2 is 1.97 bits per heavy atom. The lowest BCUT2D eigenvalue weighted by Crippen LogP contribution is -2.49. The first kappa shape index (κ1) is 23.9. The quantitative estimate of drug-likeness (QED) is 0.580. The highest BCUT2D eigenvalue weighted by molar-refractivity contribution is 7.99. The van der Waals surface area contributed by atoms with Crippen molar-refractivity contribution in [3.8, 4) is 0 Å². The van der Waals surface area contributed by atoms with E-state index < -0.39 is 11.7 Å². The fourth-order valence-electron chi connectivity index (χ4n) is 4.25. The van der Waals surface area contributed by atoms with E-state index in [9.17, 15) is 18.0 Å². The SMILES string of the molecule is Cc1nc(SCC(=O)N2CCN(c3cccc(C(F)(F)F)c3)CC2)n(CC2CCCO2)c1C. The van der Waals surface area contributed by atoms with Gasteiger partial charge >= 0.3 is 6.18 Å². The molecule has 33 heavy (non-hydrogen) atoms. The van der Waals surface area contributed by atoms with E-state index >= 15 is 0 Å². The van der Waals surface area contributed by atoms with Crippen molar-refractivity contribution in [3.05, 3.63) is 41.2 Å². The summed E-state index contributed by atoms with van der Waals surface area (Å²) >= 11 is 1.44. The molecular weight excluding hydrogens is 453 g/mol. The number of ether oxygens (including phenoxy) is 1. The summed E-state index contributed by atoms with van der Waals surface area (Å²) in [5, 5.41) is 0.830. The number of anilines is 1. The van der Waals surface area contributed by atoms with Crippen LogP contribution < -0.4 is 4.90 Å². The molecule has 4 rings (SSSR count). The van der Waals surface area contributed by atoms with Gasteiger partial charge in [-0.05, 0) is 44.9 Å². The van der Waals surface area contributed by atoms with Crippen LogP contribution in [0.15, 0.2) is 29.4 Å². The van der Waals surface area contributed by atoms with Crippen molar-refractivity contribution in [1.82, 2.24) is 14.5 Å². The number of alkyl halides is 3. The molecule has 0 N–H and O–H groups in total. The minimum atomic E-state index is -4.36. The summed E-state index contributed by atoms with van der Waals surface area (Å²) in [7, 11) is 0. The van der Waals surface area contributed by atoms with Crippen molar-refractivity contribution < 1.29 is 22.7 Å². The fraction of sp³-hybridized carbons (Fsp3) is 0.565. The third-order valence-corrected chi connectivity index (χ3v) is 7.29. The molecule has 1 unspecified atom stereocenters. The monoisotopic (exact) mass is 482 g/mol. The van der Waals surface area contributed by atoms with Crippen molar-refractivity contribution in [2.75, 3.05) is 43.4 Å². The molecule has 2 aliphatic heterocycles. The number of carbonyl (C=O) groups excluding carboxylic acids is 1. The highest BCUT2D eigenvalue weighted by Gasteiger charge is 2.31. The van der Waals surface area contributed by atoms with Crippen LogP contribution in [0.5, 0.6) is 0 Å². The molecule has 3 heterocycles. The molecule has 1 atom stereocenters. The van der Waals surface area contributed by atoms with E-state index in [1.807, 2.05) is 18.7 Å². The maximum Gasteiger partial charge on any atom is 0.416 e. The molecule has 0 radical (unpaired) electrons. The summed E-state index contributed by atoms with van der Waals surface area (Å²) < 4.78 is 46.9. The maximum absolute atomic E-state index is 13.0. The lowest BCUT2D eigenvalue weighted by atomic mass is 10.1. The first-order valence-corrected chi connectivity index (χ1v) is 12.2. The molecule has 1 amide bonds. The van der Waals surface area contributed by atoms with Gasteiger partial charge in [-0.15, -0.1) is 0 Å². The molecule has 180 valence electrons. The molecule has 0 saturated carbocycles. The maximum atomic E-state index is 13.0. The van der Waals surface area contributed by atoms with Crippen molar-refractivity contribution in [3.63, 3.8) is 0 Å². The molecule has 0 spiro atoms. The predicted octanol–water partition coefficient (Wildman–Crippen LogP) is 4.14. The van der Waals surface area contributed by atoms with Gasteiger partial charge in [-0.2, -0.15) is 13.2 Å². The molecule has 0 bridgehead atoms. The van der Waals surface area contributed by atoms with E-state index in [1.54, 1.807) is 11.0 Å². The van der Waals surface area contributed by atoms with Gasteiger partial charge in [0.05, 0.1) is 29.7 Å². The van der Waals surface area contributed by atoms with Gasteiger partial charge in [0.2, 0.25) is 5.91 Å². The number of thioether (sulfide) groups is 1. The van der Waals surface area contributed by atoms with E-state index in [0.717, 1.165) is 48.6 Å². The number of imidazole rings is 1. The van der Waals surface area contributed by atoms with Gasteiger partial charge in [0.1, 0.15) is 0 Å². The Kier molecular flexibility index (Phi) is 7.23. The van der Waals surface area contributed by atoms with Crippen LogP contribution in [-0.4, -0.2) is 65.0 Å². The first-order valence-electron chi connectivity index (χ1n) is 11.2. The number of benzene rings is 1. The van der Waals surface area contributed by atoms with Gasteiger partial charge in [-0.25, -0.2) is 4.98 Å². The number of rotatable bonds is 6. The van der Waals surface area contributed by atoms with E-state index in [0.29, 0.717) is 31.9 Å². The summed E-state index contributed by atoms with van der Waals surface area (Å²) in [4.78, 5) is 21.2. The number of aryl methyl sites for hydroxylation is 1. The molecule has 2 aliphatic rings. The highest BCUT2D eigenvalue weighted by Crippen LogP contribution is 2.32. The number of halogens is 3. The fourth-order valence-corrected chi connectivity index (χ4v) is 5.26. The zero-order valence-corrected chi connectivity index (χ0v) is 19.7. The summed E-state index contributed by atoms with van der Waals surface area (Å²) in [5.74, 6) is 0.302. The van der Waals surface area contributed by atoms with Crippen LogP contribution in [0.25, 0.3) is 0 Å². The second-order valence-corrected chi connectivity index (χ2v) is 9.46. The van der Waals surface area contributed by atoms with E-state index in [2.05, 4.69) is 9.55 Å². The van der Waals surface area contributed by atoms with Gasteiger partial charge in [-0.3, -0.25) is 4.79 Å².